The highest BCUT2D eigenvalue weighted by atomic mass is 31.2. The van der Waals surface area contributed by atoms with Crippen molar-refractivity contribution < 1.29 is 29.1 Å². The summed E-state index contributed by atoms with van der Waals surface area (Å²) in [6.07, 6.45) is 0.126. The SMILES string of the molecule is CCC(O)CO.O=P(O)(c1ccccc1)c1ccccc1.O=P(O)(c1ccccc1)c1ccccc1. The van der Waals surface area contributed by atoms with Crippen molar-refractivity contribution in [2.75, 3.05) is 6.61 Å². The van der Waals surface area contributed by atoms with Crippen LogP contribution in [0.15, 0.2) is 121 Å². The molecule has 0 heterocycles. The quantitative estimate of drug-likeness (QED) is 0.286. The summed E-state index contributed by atoms with van der Waals surface area (Å²) in [5.74, 6) is 0. The van der Waals surface area contributed by atoms with Crippen LogP contribution in [0.1, 0.15) is 13.3 Å². The van der Waals surface area contributed by atoms with Crippen LogP contribution in [0.4, 0.5) is 0 Å². The summed E-state index contributed by atoms with van der Waals surface area (Å²) < 4.78 is 24.3. The van der Waals surface area contributed by atoms with Gasteiger partial charge in [0.05, 0.1) is 12.7 Å². The Morgan fingerprint density at radius 2 is 0.778 bits per heavy atom. The first-order valence-electron chi connectivity index (χ1n) is 11.4. The van der Waals surface area contributed by atoms with Crippen LogP contribution in [0.3, 0.4) is 0 Å². The van der Waals surface area contributed by atoms with Gasteiger partial charge in [-0.05, 0) is 55.0 Å². The standard InChI is InChI=1S/2C12H11O2P.C4H10O2/c2*13-15(14,11-7-3-1-4-8-11)12-9-5-2-6-10-12;1-2-4(6)3-5/h2*1-10H,(H,13,14);4-6H,2-3H2,1H3. The van der Waals surface area contributed by atoms with E-state index < -0.39 is 20.8 Å². The number of hydrogen-bond acceptors (Lipinski definition) is 4. The van der Waals surface area contributed by atoms with Crippen LogP contribution in [-0.2, 0) is 9.13 Å². The summed E-state index contributed by atoms with van der Waals surface area (Å²) in [7, 11) is -6.79. The highest BCUT2D eigenvalue weighted by molar-refractivity contribution is 7.73. The number of rotatable bonds is 6. The molecular formula is C28H32O6P2. The summed E-state index contributed by atoms with van der Waals surface area (Å²) in [4.78, 5) is 20.0. The lowest BCUT2D eigenvalue weighted by Gasteiger charge is -2.11. The van der Waals surface area contributed by atoms with Gasteiger partial charge in [-0.1, -0.05) is 79.7 Å². The van der Waals surface area contributed by atoms with Crippen molar-refractivity contribution >= 4 is 36.0 Å². The Kier molecular flexibility index (Phi) is 12.0. The molecule has 1 unspecified atom stereocenters. The average molecular weight is 527 g/mol. The molecule has 190 valence electrons. The molecule has 4 aromatic rings. The first-order valence-corrected chi connectivity index (χ1v) is 14.7. The fraction of sp³-hybridized carbons (Fsp3) is 0.143. The van der Waals surface area contributed by atoms with Gasteiger partial charge < -0.3 is 20.0 Å². The lowest BCUT2D eigenvalue weighted by atomic mass is 10.3. The maximum Gasteiger partial charge on any atom is 0.258 e. The summed E-state index contributed by atoms with van der Waals surface area (Å²) in [5.41, 5.74) is 0. The van der Waals surface area contributed by atoms with Gasteiger partial charge in [-0.25, -0.2) is 0 Å². The zero-order valence-corrected chi connectivity index (χ0v) is 21.8. The van der Waals surface area contributed by atoms with Crippen LogP contribution in [0.25, 0.3) is 0 Å². The van der Waals surface area contributed by atoms with Crippen molar-refractivity contribution in [3.8, 4) is 0 Å². The van der Waals surface area contributed by atoms with Gasteiger partial charge >= 0.3 is 0 Å². The zero-order chi connectivity index (χ0) is 26.4. The summed E-state index contributed by atoms with van der Waals surface area (Å²) in [6, 6.07) is 34.8. The van der Waals surface area contributed by atoms with E-state index in [-0.39, 0.29) is 6.61 Å². The first-order chi connectivity index (χ1) is 17.2. The Morgan fingerprint density at radius 1 is 0.556 bits per heavy atom. The molecule has 0 radical (unpaired) electrons. The number of aliphatic hydroxyl groups excluding tert-OH is 2. The molecular weight excluding hydrogens is 494 g/mol. The molecule has 0 fully saturated rings. The number of aliphatic hydroxyl groups is 2. The number of hydrogen-bond donors (Lipinski definition) is 4. The van der Waals surface area contributed by atoms with Crippen LogP contribution in [0.5, 0.6) is 0 Å². The molecule has 4 N–H and O–H groups in total. The molecule has 8 heteroatoms. The predicted molar refractivity (Wildman–Crippen MR) is 147 cm³/mol. The monoisotopic (exact) mass is 526 g/mol. The molecule has 0 aliphatic rings. The summed E-state index contributed by atoms with van der Waals surface area (Å²) in [5, 5.41) is 18.4. The third-order valence-electron chi connectivity index (χ3n) is 5.11. The Hall–Kier alpha value is -2.82. The van der Waals surface area contributed by atoms with E-state index in [2.05, 4.69) is 0 Å². The maximum absolute atomic E-state index is 12.2. The van der Waals surface area contributed by atoms with Gasteiger partial charge in [-0.2, -0.15) is 0 Å². The topological polar surface area (TPSA) is 115 Å². The molecule has 4 aromatic carbocycles. The van der Waals surface area contributed by atoms with Gasteiger partial charge in [0, 0.05) is 21.2 Å². The Labute approximate surface area is 212 Å². The second-order valence-corrected chi connectivity index (χ2v) is 12.1. The van der Waals surface area contributed by atoms with E-state index in [1.54, 1.807) is 97.1 Å². The van der Waals surface area contributed by atoms with Crippen LogP contribution < -0.4 is 21.2 Å². The molecule has 4 rings (SSSR count). The molecule has 0 saturated heterocycles. The van der Waals surface area contributed by atoms with Crippen LogP contribution >= 0.6 is 14.7 Å². The summed E-state index contributed by atoms with van der Waals surface area (Å²) >= 11 is 0. The maximum atomic E-state index is 12.2. The van der Waals surface area contributed by atoms with Gasteiger partial charge in [0.2, 0.25) is 0 Å². The van der Waals surface area contributed by atoms with Crippen LogP contribution in [-0.4, -0.2) is 32.7 Å². The minimum atomic E-state index is -3.40. The Bertz CT molecular complexity index is 1050. The molecule has 0 aromatic heterocycles. The van der Waals surface area contributed by atoms with Crippen molar-refractivity contribution in [3.63, 3.8) is 0 Å². The van der Waals surface area contributed by atoms with Gasteiger partial charge in [-0.15, -0.1) is 0 Å². The van der Waals surface area contributed by atoms with Crippen molar-refractivity contribution in [2.24, 2.45) is 0 Å². The van der Waals surface area contributed by atoms with E-state index in [9.17, 15) is 18.9 Å². The lowest BCUT2D eigenvalue weighted by molar-refractivity contribution is 0.0923. The molecule has 36 heavy (non-hydrogen) atoms. The normalized spacial score (nSPS) is 11.8. The Balaban J connectivity index is 0.000000208. The second kappa shape index (κ2) is 14.7. The van der Waals surface area contributed by atoms with Crippen LogP contribution in [0.2, 0.25) is 0 Å². The number of benzene rings is 4. The fourth-order valence-corrected chi connectivity index (χ4v) is 5.85. The van der Waals surface area contributed by atoms with Crippen LogP contribution in [0, 0.1) is 0 Å². The molecule has 1 atom stereocenters. The van der Waals surface area contributed by atoms with Gasteiger partial charge in [0.25, 0.3) is 14.7 Å². The summed E-state index contributed by atoms with van der Waals surface area (Å²) in [6.45, 7) is 1.71. The van der Waals surface area contributed by atoms with Crippen molar-refractivity contribution in [1.29, 1.82) is 0 Å². The third kappa shape index (κ3) is 8.69. The van der Waals surface area contributed by atoms with E-state index in [1.165, 1.54) is 0 Å². The predicted octanol–water partition coefficient (Wildman–Crippen LogP) is 3.57. The molecule has 0 aliphatic carbocycles. The highest BCUT2D eigenvalue weighted by Gasteiger charge is 2.23. The molecule has 0 bridgehead atoms. The van der Waals surface area contributed by atoms with E-state index in [0.29, 0.717) is 27.6 Å². The van der Waals surface area contributed by atoms with Gasteiger partial charge in [-0.3, -0.25) is 9.13 Å². The van der Waals surface area contributed by atoms with E-state index in [1.807, 2.05) is 31.2 Å². The van der Waals surface area contributed by atoms with E-state index in [0.717, 1.165) is 0 Å². The van der Waals surface area contributed by atoms with Gasteiger partial charge in [0.15, 0.2) is 0 Å². The highest BCUT2D eigenvalue weighted by Crippen LogP contribution is 2.38. The minimum absolute atomic E-state index is 0.115. The van der Waals surface area contributed by atoms with Crippen molar-refractivity contribution in [1.82, 2.24) is 0 Å². The van der Waals surface area contributed by atoms with Gasteiger partial charge in [0.1, 0.15) is 0 Å². The largest absolute Gasteiger partial charge is 0.394 e. The third-order valence-corrected chi connectivity index (χ3v) is 9.10. The first kappa shape index (κ1) is 29.4. The minimum Gasteiger partial charge on any atom is -0.394 e. The molecule has 6 nitrogen and oxygen atoms in total. The zero-order valence-electron chi connectivity index (χ0n) is 20.0. The second-order valence-electron chi connectivity index (χ2n) is 7.74. The fourth-order valence-electron chi connectivity index (χ4n) is 2.95. The smallest absolute Gasteiger partial charge is 0.258 e. The Morgan fingerprint density at radius 3 is 0.917 bits per heavy atom. The van der Waals surface area contributed by atoms with Crippen molar-refractivity contribution in [3.05, 3.63) is 121 Å². The van der Waals surface area contributed by atoms with E-state index >= 15 is 0 Å². The molecule has 0 saturated carbocycles. The lowest BCUT2D eigenvalue weighted by Crippen LogP contribution is -2.14. The van der Waals surface area contributed by atoms with Crippen molar-refractivity contribution in [2.45, 2.75) is 19.4 Å². The van der Waals surface area contributed by atoms with E-state index in [4.69, 9.17) is 10.2 Å². The molecule has 0 amide bonds. The molecule has 0 spiro atoms. The molecule has 0 aliphatic heterocycles. The average Bonchev–Trinajstić information content (AvgIpc) is 2.95.